The number of anilines is 1. The summed E-state index contributed by atoms with van der Waals surface area (Å²) >= 11 is 11.8. The minimum Gasteiger partial charge on any atom is -0.495 e. The van der Waals surface area contributed by atoms with Crippen LogP contribution in [-0.4, -0.2) is 24.7 Å². The first-order chi connectivity index (χ1) is 7.58. The average molecular weight is 264 g/mol. The van der Waals surface area contributed by atoms with Crippen molar-refractivity contribution in [3.05, 3.63) is 22.2 Å². The number of ether oxygens (including phenoxy) is 1. The fraction of sp³-hybridized carbons (Fsp3) is 0.300. The number of halogens is 2. The number of carbonyl (C=O) groups is 1. The molecule has 0 aliphatic carbocycles. The van der Waals surface area contributed by atoms with Gasteiger partial charge in [0.25, 0.3) is 0 Å². The van der Waals surface area contributed by atoms with Gasteiger partial charge in [-0.1, -0.05) is 23.2 Å². The van der Waals surface area contributed by atoms with Gasteiger partial charge in [0.2, 0.25) is 5.91 Å². The van der Waals surface area contributed by atoms with E-state index in [0.717, 1.165) is 0 Å². The molecule has 0 atom stereocenters. The first-order valence-electron chi connectivity index (χ1n) is 4.52. The van der Waals surface area contributed by atoms with Crippen LogP contribution in [0.5, 0.6) is 5.75 Å². The molecule has 0 aromatic heterocycles. The molecular formula is C10H11Cl2NO3. The van der Waals surface area contributed by atoms with Gasteiger partial charge in [0.1, 0.15) is 5.75 Å². The number of methoxy groups -OCH3 is 1. The van der Waals surface area contributed by atoms with Crippen molar-refractivity contribution in [2.24, 2.45) is 0 Å². The summed E-state index contributed by atoms with van der Waals surface area (Å²) in [5, 5.41) is 11.8. The molecule has 1 amide bonds. The Morgan fingerprint density at radius 3 is 2.69 bits per heavy atom. The van der Waals surface area contributed by atoms with Crippen molar-refractivity contribution in [3.8, 4) is 5.75 Å². The van der Waals surface area contributed by atoms with Gasteiger partial charge in [-0.15, -0.1) is 0 Å². The Morgan fingerprint density at radius 1 is 1.44 bits per heavy atom. The molecular weight excluding hydrogens is 253 g/mol. The predicted molar refractivity (Wildman–Crippen MR) is 63.3 cm³/mol. The van der Waals surface area contributed by atoms with E-state index in [1.807, 2.05) is 0 Å². The van der Waals surface area contributed by atoms with Gasteiger partial charge in [-0.05, 0) is 6.07 Å². The topological polar surface area (TPSA) is 58.6 Å². The normalized spacial score (nSPS) is 10.0. The van der Waals surface area contributed by atoms with Crippen molar-refractivity contribution < 1.29 is 14.6 Å². The summed E-state index contributed by atoms with van der Waals surface area (Å²) in [4.78, 5) is 11.2. The molecule has 0 radical (unpaired) electrons. The van der Waals surface area contributed by atoms with Gasteiger partial charge in [0.15, 0.2) is 0 Å². The summed E-state index contributed by atoms with van der Waals surface area (Å²) in [6.45, 7) is -0.215. The van der Waals surface area contributed by atoms with Crippen LogP contribution in [-0.2, 0) is 4.79 Å². The minimum absolute atomic E-state index is 0.0139. The van der Waals surface area contributed by atoms with E-state index in [4.69, 9.17) is 33.0 Å². The minimum atomic E-state index is -0.328. The number of aliphatic hydroxyl groups excluding tert-OH is 1. The third-order valence-corrected chi connectivity index (χ3v) is 2.46. The molecule has 0 aliphatic rings. The van der Waals surface area contributed by atoms with Gasteiger partial charge >= 0.3 is 0 Å². The number of benzene rings is 1. The van der Waals surface area contributed by atoms with Crippen LogP contribution >= 0.6 is 23.2 Å². The van der Waals surface area contributed by atoms with E-state index in [1.165, 1.54) is 19.2 Å². The fourth-order valence-electron chi connectivity index (χ4n) is 1.10. The number of carbonyl (C=O) groups excluding carboxylic acids is 1. The van der Waals surface area contributed by atoms with E-state index >= 15 is 0 Å². The smallest absolute Gasteiger partial charge is 0.226 e. The van der Waals surface area contributed by atoms with Crippen molar-refractivity contribution in [1.29, 1.82) is 0 Å². The van der Waals surface area contributed by atoms with Crippen molar-refractivity contribution in [2.45, 2.75) is 6.42 Å². The summed E-state index contributed by atoms with van der Waals surface area (Å²) in [6.07, 6.45) is 0.0139. The first-order valence-corrected chi connectivity index (χ1v) is 5.27. The van der Waals surface area contributed by atoms with E-state index in [9.17, 15) is 4.79 Å². The monoisotopic (exact) mass is 263 g/mol. The zero-order valence-corrected chi connectivity index (χ0v) is 10.1. The molecule has 0 bridgehead atoms. The largest absolute Gasteiger partial charge is 0.495 e. The Morgan fingerprint density at radius 2 is 2.12 bits per heavy atom. The second kappa shape index (κ2) is 5.94. The van der Waals surface area contributed by atoms with E-state index < -0.39 is 0 Å². The first kappa shape index (κ1) is 13.1. The Balaban J connectivity index is 2.89. The van der Waals surface area contributed by atoms with Crippen LogP contribution in [0.15, 0.2) is 12.1 Å². The highest BCUT2D eigenvalue weighted by Gasteiger charge is 2.10. The van der Waals surface area contributed by atoms with Crippen molar-refractivity contribution >= 4 is 34.8 Å². The second-order valence-corrected chi connectivity index (χ2v) is 3.80. The van der Waals surface area contributed by atoms with Crippen LogP contribution in [0.2, 0.25) is 10.0 Å². The average Bonchev–Trinajstić information content (AvgIpc) is 2.23. The summed E-state index contributed by atoms with van der Waals surface area (Å²) in [5.74, 6) is 0.109. The Hall–Kier alpha value is -0.970. The summed E-state index contributed by atoms with van der Waals surface area (Å²) in [7, 11) is 1.47. The molecule has 1 aromatic carbocycles. The van der Waals surface area contributed by atoms with Crippen LogP contribution in [0.4, 0.5) is 5.69 Å². The third kappa shape index (κ3) is 3.27. The highest BCUT2D eigenvalue weighted by atomic mass is 35.5. The van der Waals surface area contributed by atoms with Gasteiger partial charge in [-0.3, -0.25) is 4.79 Å². The molecule has 0 fully saturated rings. The fourth-order valence-corrected chi connectivity index (χ4v) is 1.54. The van der Waals surface area contributed by atoms with Crippen molar-refractivity contribution in [3.63, 3.8) is 0 Å². The zero-order chi connectivity index (χ0) is 12.1. The third-order valence-electron chi connectivity index (χ3n) is 1.85. The molecule has 0 saturated heterocycles. The van der Waals surface area contributed by atoms with E-state index in [-0.39, 0.29) is 18.9 Å². The quantitative estimate of drug-likeness (QED) is 0.877. The van der Waals surface area contributed by atoms with Gasteiger partial charge < -0.3 is 15.2 Å². The van der Waals surface area contributed by atoms with Crippen LogP contribution in [0.25, 0.3) is 0 Å². The number of aliphatic hydroxyl groups is 1. The molecule has 1 aromatic rings. The molecule has 0 aliphatic heterocycles. The number of hydrogen-bond donors (Lipinski definition) is 2. The SMILES string of the molecule is COc1cc(Cl)c(NC(=O)CCO)cc1Cl. The van der Waals surface area contributed by atoms with Gasteiger partial charge in [-0.2, -0.15) is 0 Å². The maximum atomic E-state index is 11.2. The second-order valence-electron chi connectivity index (χ2n) is 2.99. The lowest BCUT2D eigenvalue weighted by molar-refractivity contribution is -0.116. The molecule has 88 valence electrons. The van der Waals surface area contributed by atoms with Crippen LogP contribution in [0.1, 0.15) is 6.42 Å². The van der Waals surface area contributed by atoms with E-state index in [2.05, 4.69) is 5.32 Å². The lowest BCUT2D eigenvalue weighted by atomic mass is 10.3. The molecule has 0 heterocycles. The maximum Gasteiger partial charge on any atom is 0.226 e. The number of amides is 1. The summed E-state index contributed by atoms with van der Waals surface area (Å²) in [5.41, 5.74) is 0.394. The maximum absolute atomic E-state index is 11.2. The molecule has 2 N–H and O–H groups in total. The van der Waals surface area contributed by atoms with E-state index in [0.29, 0.717) is 21.5 Å². The molecule has 1 rings (SSSR count). The Labute approximate surface area is 103 Å². The van der Waals surface area contributed by atoms with E-state index in [1.54, 1.807) is 0 Å². The number of rotatable bonds is 4. The lowest BCUT2D eigenvalue weighted by Gasteiger charge is -2.09. The lowest BCUT2D eigenvalue weighted by Crippen LogP contribution is -2.13. The van der Waals surface area contributed by atoms with Crippen molar-refractivity contribution in [1.82, 2.24) is 0 Å². The van der Waals surface area contributed by atoms with Gasteiger partial charge in [0, 0.05) is 6.07 Å². The summed E-state index contributed by atoms with van der Waals surface area (Å²) < 4.78 is 4.96. The number of hydrogen-bond acceptors (Lipinski definition) is 3. The standard InChI is InChI=1S/C10H11Cl2NO3/c1-16-9-5-6(11)8(4-7(9)12)13-10(15)2-3-14/h4-5,14H,2-3H2,1H3,(H,13,15). The molecule has 0 spiro atoms. The predicted octanol–water partition coefficient (Wildman–Crippen LogP) is 2.32. The Bertz CT molecular complexity index is 396. The van der Waals surface area contributed by atoms with Gasteiger partial charge in [0.05, 0.1) is 35.9 Å². The molecule has 0 unspecified atom stereocenters. The van der Waals surface area contributed by atoms with Crippen LogP contribution in [0, 0.1) is 0 Å². The number of nitrogens with one attached hydrogen (secondary N) is 1. The molecule has 6 heteroatoms. The highest BCUT2D eigenvalue weighted by molar-refractivity contribution is 6.36. The Kier molecular flexibility index (Phi) is 4.86. The van der Waals surface area contributed by atoms with Gasteiger partial charge in [-0.25, -0.2) is 0 Å². The van der Waals surface area contributed by atoms with Crippen LogP contribution in [0.3, 0.4) is 0 Å². The molecule has 4 nitrogen and oxygen atoms in total. The zero-order valence-electron chi connectivity index (χ0n) is 8.59. The molecule has 16 heavy (non-hydrogen) atoms. The molecule has 0 saturated carbocycles. The van der Waals surface area contributed by atoms with Crippen molar-refractivity contribution in [2.75, 3.05) is 19.0 Å². The summed E-state index contributed by atoms with van der Waals surface area (Å²) in [6, 6.07) is 3.01. The van der Waals surface area contributed by atoms with Crippen LogP contribution < -0.4 is 10.1 Å². The highest BCUT2D eigenvalue weighted by Crippen LogP contribution is 2.33.